The van der Waals surface area contributed by atoms with Gasteiger partial charge < -0.3 is 14.5 Å². The molecule has 0 spiro atoms. The number of ether oxygens (including phenoxy) is 1. The minimum atomic E-state index is -3.66. The molecule has 3 aromatic rings. The molecule has 2 aromatic carbocycles. The summed E-state index contributed by atoms with van der Waals surface area (Å²) in [5.74, 6) is 0.738. The molecule has 1 aliphatic rings. The third kappa shape index (κ3) is 6.37. The molecule has 2 heterocycles. The Hall–Kier alpha value is -3.43. The number of benzene rings is 2. The largest absolute Gasteiger partial charge is 0.467 e. The standard InChI is InChI=1S/C26H29N3O5S/c1-2-3-12-23(28-25-22-11-4-5-13-24(22)35(31,32)29-25)26(30)27-16-19-8-6-9-20(15-19)17-33-18-21-10-7-14-34-21/h4-11,13-15,23H,2-3,12,16-18H2,1H3,(H,27,30)(H,28,29). The summed E-state index contributed by atoms with van der Waals surface area (Å²) >= 11 is 0. The summed E-state index contributed by atoms with van der Waals surface area (Å²) < 4.78 is 38.3. The van der Waals surface area contributed by atoms with Crippen LogP contribution in [0.1, 0.15) is 48.6 Å². The Bertz CT molecular complexity index is 1290. The number of nitrogens with zero attached hydrogens (tertiary/aromatic N) is 1. The lowest BCUT2D eigenvalue weighted by molar-refractivity contribution is -0.122. The van der Waals surface area contributed by atoms with Gasteiger partial charge in [-0.1, -0.05) is 56.2 Å². The van der Waals surface area contributed by atoms with E-state index in [1.165, 1.54) is 6.07 Å². The zero-order valence-electron chi connectivity index (χ0n) is 19.6. The summed E-state index contributed by atoms with van der Waals surface area (Å²) in [5, 5.41) is 2.95. The lowest BCUT2D eigenvalue weighted by atomic mass is 10.1. The molecule has 1 amide bonds. The average Bonchev–Trinajstić information content (AvgIpc) is 3.46. The van der Waals surface area contributed by atoms with Crippen LogP contribution in [0.25, 0.3) is 0 Å². The van der Waals surface area contributed by atoms with Crippen molar-refractivity contribution < 1.29 is 22.4 Å². The minimum Gasteiger partial charge on any atom is -0.467 e. The molecule has 8 nitrogen and oxygen atoms in total. The molecule has 0 bridgehead atoms. The van der Waals surface area contributed by atoms with Crippen LogP contribution in [0.3, 0.4) is 0 Å². The zero-order chi connectivity index (χ0) is 24.7. The third-order valence-electron chi connectivity index (χ3n) is 5.63. The molecular formula is C26H29N3O5S. The van der Waals surface area contributed by atoms with Gasteiger partial charge in [0.2, 0.25) is 5.91 Å². The van der Waals surface area contributed by atoms with E-state index in [9.17, 15) is 13.2 Å². The van der Waals surface area contributed by atoms with Gasteiger partial charge in [-0.3, -0.25) is 14.5 Å². The summed E-state index contributed by atoms with van der Waals surface area (Å²) in [4.78, 5) is 17.8. The fourth-order valence-electron chi connectivity index (χ4n) is 3.84. The first kappa shape index (κ1) is 24.7. The summed E-state index contributed by atoms with van der Waals surface area (Å²) in [6.07, 6.45) is 3.83. The maximum absolute atomic E-state index is 13.0. The van der Waals surface area contributed by atoms with Gasteiger partial charge in [0.05, 0.1) is 17.8 Å². The van der Waals surface area contributed by atoms with Crippen LogP contribution < -0.4 is 10.0 Å². The Labute approximate surface area is 205 Å². The number of hydrogen-bond donors (Lipinski definition) is 2. The van der Waals surface area contributed by atoms with Crippen LogP contribution in [0.4, 0.5) is 0 Å². The van der Waals surface area contributed by atoms with Gasteiger partial charge in [-0.25, -0.2) is 8.42 Å². The predicted molar refractivity (Wildman–Crippen MR) is 132 cm³/mol. The predicted octanol–water partition coefficient (Wildman–Crippen LogP) is 3.91. The van der Waals surface area contributed by atoms with Crippen LogP contribution in [0.15, 0.2) is 81.2 Å². The fraction of sp³-hybridized carbons (Fsp3) is 0.308. The van der Waals surface area contributed by atoms with E-state index in [0.717, 1.165) is 29.7 Å². The van der Waals surface area contributed by atoms with E-state index < -0.39 is 16.1 Å². The highest BCUT2D eigenvalue weighted by Gasteiger charge is 2.31. The molecular weight excluding hydrogens is 466 g/mol. The summed E-state index contributed by atoms with van der Waals surface area (Å²) in [7, 11) is -3.66. The van der Waals surface area contributed by atoms with Crippen molar-refractivity contribution in [3.8, 4) is 0 Å². The molecule has 1 aliphatic heterocycles. The number of fused-ring (bicyclic) bond motifs is 1. The van der Waals surface area contributed by atoms with E-state index in [0.29, 0.717) is 31.7 Å². The topological polar surface area (TPSA) is 110 Å². The number of carbonyl (C=O) groups is 1. The third-order valence-corrected chi connectivity index (χ3v) is 7.03. The number of amides is 1. The monoisotopic (exact) mass is 495 g/mol. The first-order chi connectivity index (χ1) is 17.0. The number of sulfonamides is 1. The minimum absolute atomic E-state index is 0.180. The Morgan fingerprint density at radius 1 is 1.09 bits per heavy atom. The van der Waals surface area contributed by atoms with Crippen LogP contribution in [0.2, 0.25) is 0 Å². The van der Waals surface area contributed by atoms with Crippen molar-refractivity contribution in [2.45, 2.75) is 56.9 Å². The molecule has 0 radical (unpaired) electrons. The number of hydrogen-bond acceptors (Lipinski definition) is 6. The van der Waals surface area contributed by atoms with Gasteiger partial charge in [-0.2, -0.15) is 0 Å². The quantitative estimate of drug-likeness (QED) is 0.419. The maximum Gasteiger partial charge on any atom is 0.263 e. The highest BCUT2D eigenvalue weighted by molar-refractivity contribution is 7.90. The molecule has 2 N–H and O–H groups in total. The molecule has 0 saturated carbocycles. The highest BCUT2D eigenvalue weighted by atomic mass is 32.2. The Balaban J connectivity index is 1.40. The summed E-state index contributed by atoms with van der Waals surface area (Å²) in [5.41, 5.74) is 2.42. The van der Waals surface area contributed by atoms with Crippen molar-refractivity contribution in [3.05, 3.63) is 89.4 Å². The smallest absolute Gasteiger partial charge is 0.263 e. The molecule has 9 heteroatoms. The van der Waals surface area contributed by atoms with E-state index in [2.05, 4.69) is 15.0 Å². The van der Waals surface area contributed by atoms with Crippen LogP contribution in [-0.2, 0) is 39.3 Å². The van der Waals surface area contributed by atoms with E-state index in [4.69, 9.17) is 9.15 Å². The average molecular weight is 496 g/mol. The number of amidine groups is 1. The lowest BCUT2D eigenvalue weighted by Gasteiger charge is -2.14. The number of rotatable bonds is 11. The number of aliphatic imine (C=N–C) groups is 1. The molecule has 1 aromatic heterocycles. The second-order valence-corrected chi connectivity index (χ2v) is 10.00. The Morgan fingerprint density at radius 3 is 2.71 bits per heavy atom. The Kier molecular flexibility index (Phi) is 7.99. The SMILES string of the molecule is CCCCC(N=C1NS(=O)(=O)c2ccccc21)C(=O)NCc1cccc(COCc2ccco2)c1. The molecule has 0 fully saturated rings. The van der Waals surface area contributed by atoms with Crippen molar-refractivity contribution in [1.82, 2.24) is 10.0 Å². The second-order valence-electron chi connectivity index (χ2n) is 8.35. The van der Waals surface area contributed by atoms with Crippen LogP contribution in [0.5, 0.6) is 0 Å². The second kappa shape index (κ2) is 11.3. The zero-order valence-corrected chi connectivity index (χ0v) is 20.4. The summed E-state index contributed by atoms with van der Waals surface area (Å²) in [6.45, 7) is 3.19. The fourth-order valence-corrected chi connectivity index (χ4v) is 5.08. The highest BCUT2D eigenvalue weighted by Crippen LogP contribution is 2.23. The molecule has 184 valence electrons. The first-order valence-corrected chi connectivity index (χ1v) is 13.1. The molecule has 1 unspecified atom stereocenters. The Morgan fingerprint density at radius 2 is 1.91 bits per heavy atom. The van der Waals surface area contributed by atoms with Crippen LogP contribution in [-0.4, -0.2) is 26.2 Å². The van der Waals surface area contributed by atoms with Crippen molar-refractivity contribution in [2.24, 2.45) is 4.99 Å². The summed E-state index contributed by atoms with van der Waals surface area (Å²) in [6, 6.07) is 17.4. The van der Waals surface area contributed by atoms with Gasteiger partial charge in [0.1, 0.15) is 24.2 Å². The van der Waals surface area contributed by atoms with Gasteiger partial charge in [0.25, 0.3) is 10.0 Å². The molecule has 0 saturated heterocycles. The van der Waals surface area contributed by atoms with Crippen molar-refractivity contribution in [2.75, 3.05) is 0 Å². The van der Waals surface area contributed by atoms with E-state index >= 15 is 0 Å². The van der Waals surface area contributed by atoms with E-state index in [1.54, 1.807) is 24.5 Å². The molecule has 35 heavy (non-hydrogen) atoms. The van der Waals surface area contributed by atoms with Gasteiger partial charge in [0.15, 0.2) is 0 Å². The number of carbonyl (C=O) groups excluding carboxylic acids is 1. The number of furan rings is 1. The van der Waals surface area contributed by atoms with Crippen molar-refractivity contribution >= 4 is 21.8 Å². The maximum atomic E-state index is 13.0. The van der Waals surface area contributed by atoms with Gasteiger partial charge in [-0.15, -0.1) is 0 Å². The number of nitrogens with one attached hydrogen (secondary N) is 2. The normalized spacial score (nSPS) is 16.0. The lowest BCUT2D eigenvalue weighted by Crippen LogP contribution is -2.35. The van der Waals surface area contributed by atoms with Crippen LogP contribution in [0, 0.1) is 0 Å². The van der Waals surface area contributed by atoms with Gasteiger partial charge >= 0.3 is 0 Å². The molecule has 4 rings (SSSR count). The first-order valence-electron chi connectivity index (χ1n) is 11.6. The van der Waals surface area contributed by atoms with Gasteiger partial charge in [0, 0.05) is 12.1 Å². The van der Waals surface area contributed by atoms with E-state index in [1.807, 2.05) is 43.3 Å². The molecule has 0 aliphatic carbocycles. The van der Waals surface area contributed by atoms with E-state index in [-0.39, 0.29) is 16.6 Å². The van der Waals surface area contributed by atoms with Crippen LogP contribution >= 0.6 is 0 Å². The number of unbranched alkanes of at least 4 members (excludes halogenated alkanes) is 1. The van der Waals surface area contributed by atoms with Gasteiger partial charge in [-0.05, 0) is 41.8 Å². The van der Waals surface area contributed by atoms with Crippen molar-refractivity contribution in [3.63, 3.8) is 0 Å². The van der Waals surface area contributed by atoms with Crippen molar-refractivity contribution in [1.29, 1.82) is 0 Å². The molecule has 1 atom stereocenters.